The van der Waals surface area contributed by atoms with Crippen LogP contribution in [0.5, 0.6) is 0 Å². The van der Waals surface area contributed by atoms with E-state index in [1.165, 1.54) is 0 Å². The molecule has 120 valence electrons. The Morgan fingerprint density at radius 2 is 2.10 bits per heavy atom. The molecule has 2 rings (SSSR count). The third-order valence-electron chi connectivity index (χ3n) is 2.72. The van der Waals surface area contributed by atoms with Crippen LogP contribution in [0.25, 0.3) is 0 Å². The summed E-state index contributed by atoms with van der Waals surface area (Å²) in [6.45, 7) is -1.52. The molecule has 0 aromatic carbocycles. The molecule has 1 heterocycles. The lowest BCUT2D eigenvalue weighted by molar-refractivity contribution is -0.172. The first-order chi connectivity index (χ1) is 9.72. The number of nitrogens with two attached hydrogens (primary N) is 1. The number of ether oxygens (including phenoxy) is 1. The number of nitrogen functional groups attached to an aromatic ring is 1. The summed E-state index contributed by atoms with van der Waals surface area (Å²) >= 11 is 0.869. The first kappa shape index (κ1) is 16.3. The normalized spacial score (nSPS) is 16.1. The van der Waals surface area contributed by atoms with E-state index in [9.17, 15) is 21.6 Å². The molecular formula is C10H14F3N3O3S2. The Morgan fingerprint density at radius 1 is 1.43 bits per heavy atom. The second kappa shape index (κ2) is 5.97. The first-order valence-corrected chi connectivity index (χ1v) is 8.41. The van der Waals surface area contributed by atoms with Gasteiger partial charge in [0.1, 0.15) is 16.5 Å². The van der Waals surface area contributed by atoms with Gasteiger partial charge in [0, 0.05) is 6.54 Å². The van der Waals surface area contributed by atoms with Crippen molar-refractivity contribution in [2.75, 3.05) is 30.8 Å². The Bertz CT molecular complexity index is 596. The van der Waals surface area contributed by atoms with Gasteiger partial charge in [0.15, 0.2) is 15.7 Å². The highest BCUT2D eigenvalue weighted by Crippen LogP contribution is 2.40. The zero-order chi connectivity index (χ0) is 15.7. The van der Waals surface area contributed by atoms with Crippen LogP contribution in [0.15, 0.2) is 4.90 Å². The molecule has 1 fully saturated rings. The van der Waals surface area contributed by atoms with Crippen molar-refractivity contribution < 1.29 is 26.3 Å². The maximum Gasteiger partial charge on any atom is 0.411 e. The molecule has 1 aliphatic carbocycles. The van der Waals surface area contributed by atoms with Gasteiger partial charge in [-0.15, -0.1) is 0 Å². The lowest BCUT2D eigenvalue weighted by Gasteiger charge is -2.09. The minimum atomic E-state index is -4.38. The molecule has 0 spiro atoms. The van der Waals surface area contributed by atoms with E-state index < -0.39 is 27.9 Å². The van der Waals surface area contributed by atoms with Crippen LogP contribution < -0.4 is 11.1 Å². The van der Waals surface area contributed by atoms with Crippen molar-refractivity contribution in [3.63, 3.8) is 0 Å². The maximum atomic E-state index is 12.2. The molecular weight excluding hydrogens is 331 g/mol. The van der Waals surface area contributed by atoms with Crippen LogP contribution in [-0.4, -0.2) is 44.0 Å². The average molecular weight is 345 g/mol. The predicted octanol–water partition coefficient (Wildman–Crippen LogP) is 1.65. The monoisotopic (exact) mass is 345 g/mol. The average Bonchev–Trinajstić information content (AvgIpc) is 3.13. The van der Waals surface area contributed by atoms with Crippen molar-refractivity contribution in [1.29, 1.82) is 0 Å². The summed E-state index contributed by atoms with van der Waals surface area (Å²) < 4.78 is 68.2. The lowest BCUT2D eigenvalue weighted by Crippen LogP contribution is -2.20. The molecule has 0 amide bonds. The highest BCUT2D eigenvalue weighted by Gasteiger charge is 2.40. The highest BCUT2D eigenvalue weighted by atomic mass is 32.2. The molecule has 1 aromatic rings. The highest BCUT2D eigenvalue weighted by molar-refractivity contribution is 7.92. The number of halogens is 3. The quantitative estimate of drug-likeness (QED) is 0.730. The van der Waals surface area contributed by atoms with Crippen molar-refractivity contribution >= 4 is 32.2 Å². The Labute approximate surface area is 123 Å². The molecule has 0 unspecified atom stereocenters. The molecule has 0 atom stereocenters. The van der Waals surface area contributed by atoms with E-state index in [4.69, 9.17) is 5.73 Å². The van der Waals surface area contributed by atoms with Crippen LogP contribution in [0.1, 0.15) is 12.8 Å². The van der Waals surface area contributed by atoms with Crippen LogP contribution in [-0.2, 0) is 14.6 Å². The van der Waals surface area contributed by atoms with E-state index in [1.54, 1.807) is 0 Å². The maximum absolute atomic E-state index is 12.2. The fourth-order valence-corrected chi connectivity index (χ4v) is 4.56. The Morgan fingerprint density at radius 3 is 2.67 bits per heavy atom. The van der Waals surface area contributed by atoms with Crippen molar-refractivity contribution in [3.8, 4) is 0 Å². The number of anilines is 2. The van der Waals surface area contributed by atoms with Gasteiger partial charge in [0.2, 0.25) is 0 Å². The third-order valence-corrected chi connectivity index (χ3v) is 6.00. The largest absolute Gasteiger partial charge is 0.411 e. The second-order valence-electron chi connectivity index (χ2n) is 4.56. The molecule has 3 N–H and O–H groups in total. The van der Waals surface area contributed by atoms with Crippen molar-refractivity contribution in [2.45, 2.75) is 29.2 Å². The summed E-state index contributed by atoms with van der Waals surface area (Å²) in [5, 5.41) is 2.53. The van der Waals surface area contributed by atoms with Gasteiger partial charge in [-0.1, -0.05) is 0 Å². The van der Waals surface area contributed by atoms with Gasteiger partial charge in [0.25, 0.3) is 0 Å². The summed E-state index contributed by atoms with van der Waals surface area (Å²) in [5.74, 6) is -0.0781. The summed E-state index contributed by atoms with van der Waals surface area (Å²) in [6.07, 6.45) is -3.20. The van der Waals surface area contributed by atoms with Crippen LogP contribution in [0.2, 0.25) is 0 Å². The summed E-state index contributed by atoms with van der Waals surface area (Å²) in [5.41, 5.74) is 5.58. The number of hydrogen-bond acceptors (Lipinski definition) is 7. The number of aromatic nitrogens is 1. The number of hydrogen-bond donors (Lipinski definition) is 2. The Kier molecular flexibility index (Phi) is 4.63. The zero-order valence-electron chi connectivity index (χ0n) is 10.8. The van der Waals surface area contributed by atoms with Crippen molar-refractivity contribution in [3.05, 3.63) is 0 Å². The number of alkyl halides is 3. The smallest absolute Gasteiger partial charge is 0.382 e. The van der Waals surface area contributed by atoms with Gasteiger partial charge in [-0.2, -0.15) is 17.5 Å². The van der Waals surface area contributed by atoms with Crippen LogP contribution in [0.3, 0.4) is 0 Å². The third kappa shape index (κ3) is 4.20. The van der Waals surface area contributed by atoms with E-state index >= 15 is 0 Å². The fourth-order valence-electron chi connectivity index (χ4n) is 1.65. The van der Waals surface area contributed by atoms with Crippen LogP contribution in [0.4, 0.5) is 24.0 Å². The lowest BCUT2D eigenvalue weighted by atomic mass is 10.5. The van der Waals surface area contributed by atoms with E-state index in [2.05, 4.69) is 14.4 Å². The van der Waals surface area contributed by atoms with E-state index in [0.29, 0.717) is 12.8 Å². The number of rotatable bonds is 7. The van der Waals surface area contributed by atoms with Gasteiger partial charge in [-0.05, 0) is 24.4 Å². The molecule has 0 bridgehead atoms. The van der Waals surface area contributed by atoms with Crippen LogP contribution in [0, 0.1) is 0 Å². The topological polar surface area (TPSA) is 94.3 Å². The minimum Gasteiger partial charge on any atom is -0.382 e. The molecule has 1 aliphatic rings. The van der Waals surface area contributed by atoms with Gasteiger partial charge in [0.05, 0.1) is 11.9 Å². The molecule has 0 saturated heterocycles. The second-order valence-corrected chi connectivity index (χ2v) is 7.50. The van der Waals surface area contributed by atoms with Crippen molar-refractivity contribution in [1.82, 2.24) is 4.37 Å². The molecule has 1 saturated carbocycles. The fraction of sp³-hybridized carbons (Fsp3) is 0.700. The van der Waals surface area contributed by atoms with E-state index in [1.807, 2.05) is 0 Å². The van der Waals surface area contributed by atoms with Crippen LogP contribution >= 0.6 is 11.5 Å². The van der Waals surface area contributed by atoms with Crippen molar-refractivity contribution in [2.24, 2.45) is 0 Å². The van der Waals surface area contributed by atoms with Gasteiger partial charge < -0.3 is 15.8 Å². The Hall–Kier alpha value is -1.07. The molecule has 6 nitrogen and oxygen atoms in total. The molecule has 11 heteroatoms. The SMILES string of the molecule is Nc1nsc(NCCOCC(F)(F)F)c1S(=O)(=O)C1CC1. The van der Waals surface area contributed by atoms with Gasteiger partial charge >= 0.3 is 6.18 Å². The standard InChI is InChI=1S/C10H14F3N3O3S2/c11-10(12,13)5-19-4-3-15-9-7(8(14)16-20-9)21(17,18)6-1-2-6/h6,15H,1-5H2,(H2,14,16). The van der Waals surface area contributed by atoms with Gasteiger partial charge in [-0.25, -0.2) is 8.42 Å². The number of nitrogens with one attached hydrogen (secondary N) is 1. The molecule has 0 aliphatic heterocycles. The van der Waals surface area contributed by atoms with Gasteiger partial charge in [-0.3, -0.25) is 0 Å². The molecule has 21 heavy (non-hydrogen) atoms. The summed E-state index contributed by atoms with van der Waals surface area (Å²) in [6, 6.07) is 0. The molecule has 0 radical (unpaired) electrons. The summed E-state index contributed by atoms with van der Waals surface area (Å²) in [4.78, 5) is -0.0502. The number of sulfone groups is 1. The summed E-state index contributed by atoms with van der Waals surface area (Å²) in [7, 11) is -3.51. The molecule has 1 aromatic heterocycles. The predicted molar refractivity (Wildman–Crippen MR) is 72.1 cm³/mol. The van der Waals surface area contributed by atoms with E-state index in [0.717, 1.165) is 11.5 Å². The zero-order valence-corrected chi connectivity index (χ0v) is 12.4. The Balaban J connectivity index is 1.93. The van der Waals surface area contributed by atoms with E-state index in [-0.39, 0.29) is 28.9 Å². The minimum absolute atomic E-state index is 0.0326. The first-order valence-electron chi connectivity index (χ1n) is 6.09. The number of nitrogens with zero attached hydrogens (tertiary/aromatic N) is 1.